The van der Waals surface area contributed by atoms with Crippen molar-refractivity contribution in [3.05, 3.63) is 45.7 Å². The lowest BCUT2D eigenvalue weighted by Crippen LogP contribution is -2.14. The van der Waals surface area contributed by atoms with Gasteiger partial charge in [-0.25, -0.2) is 0 Å². The molecule has 0 saturated heterocycles. The van der Waals surface area contributed by atoms with Gasteiger partial charge in [0.25, 0.3) is 0 Å². The van der Waals surface area contributed by atoms with Crippen molar-refractivity contribution in [3.63, 3.8) is 0 Å². The zero-order valence-electron chi connectivity index (χ0n) is 11.9. The average Bonchev–Trinajstić information content (AvgIpc) is 2.86. The molecule has 0 atom stereocenters. The van der Waals surface area contributed by atoms with Crippen molar-refractivity contribution in [2.75, 3.05) is 7.11 Å². The summed E-state index contributed by atoms with van der Waals surface area (Å²) in [5.41, 5.74) is 1.08. The molecule has 0 unspecified atom stereocenters. The number of aromatic nitrogens is 2. The lowest BCUT2D eigenvalue weighted by Gasteiger charge is -2.09. The minimum Gasteiger partial charge on any atom is -0.493 e. The molecule has 0 bridgehead atoms. The third kappa shape index (κ3) is 3.39. The normalized spacial score (nSPS) is 10.7. The molecule has 2 rings (SSSR count). The van der Waals surface area contributed by atoms with Crippen LogP contribution >= 0.6 is 23.2 Å². The highest BCUT2D eigenvalue weighted by atomic mass is 35.5. The lowest BCUT2D eigenvalue weighted by molar-refractivity contribution is 0.0979. The second-order valence-electron chi connectivity index (χ2n) is 4.58. The van der Waals surface area contributed by atoms with Crippen LogP contribution in [0, 0.1) is 0 Å². The maximum Gasteiger partial charge on any atom is 0.189 e. The van der Waals surface area contributed by atoms with Crippen molar-refractivity contribution >= 4 is 29.0 Å². The van der Waals surface area contributed by atoms with Crippen molar-refractivity contribution in [1.82, 2.24) is 9.78 Å². The van der Waals surface area contributed by atoms with E-state index in [4.69, 9.17) is 27.9 Å². The summed E-state index contributed by atoms with van der Waals surface area (Å²) in [5, 5.41) is 5.15. The number of aryl methyl sites for hydroxylation is 1. The molecular weight excluding hydrogens is 311 g/mol. The van der Waals surface area contributed by atoms with Crippen LogP contribution in [0.4, 0.5) is 0 Å². The van der Waals surface area contributed by atoms with Crippen LogP contribution in [0.2, 0.25) is 10.0 Å². The number of benzene rings is 1. The molecule has 0 aliphatic heterocycles. The summed E-state index contributed by atoms with van der Waals surface area (Å²) >= 11 is 12.2. The molecule has 1 heterocycles. The maximum atomic E-state index is 12.6. The van der Waals surface area contributed by atoms with E-state index in [1.54, 1.807) is 29.1 Å². The highest BCUT2D eigenvalue weighted by molar-refractivity contribution is 6.36. The van der Waals surface area contributed by atoms with Gasteiger partial charge in [0.2, 0.25) is 0 Å². The Morgan fingerprint density at radius 3 is 2.57 bits per heavy atom. The number of rotatable bonds is 6. The van der Waals surface area contributed by atoms with Crippen LogP contribution in [0.5, 0.6) is 5.75 Å². The number of ketones is 1. The number of hydrogen-bond donors (Lipinski definition) is 0. The fourth-order valence-electron chi connectivity index (χ4n) is 2.13. The Bertz CT molecular complexity index is 633. The summed E-state index contributed by atoms with van der Waals surface area (Å²) < 4.78 is 6.88. The van der Waals surface area contributed by atoms with E-state index in [1.807, 2.05) is 6.92 Å². The van der Waals surface area contributed by atoms with E-state index in [0.717, 1.165) is 6.42 Å². The number of carbonyl (C=O) groups is 1. The van der Waals surface area contributed by atoms with Gasteiger partial charge < -0.3 is 4.74 Å². The number of nitrogens with zero attached hydrogens (tertiary/aromatic N) is 2. The molecule has 0 amide bonds. The summed E-state index contributed by atoms with van der Waals surface area (Å²) in [4.78, 5) is 12.6. The number of Topliss-reactive ketones (excluding diaryl/α,β-unsaturated/α-hetero) is 1. The Hall–Kier alpha value is -1.52. The van der Waals surface area contributed by atoms with Crippen LogP contribution in [0.1, 0.15) is 29.4 Å². The van der Waals surface area contributed by atoms with Crippen LogP contribution < -0.4 is 4.74 Å². The maximum absolute atomic E-state index is 12.6. The zero-order valence-corrected chi connectivity index (χ0v) is 13.4. The third-order valence-corrected chi connectivity index (χ3v) is 3.83. The van der Waals surface area contributed by atoms with Gasteiger partial charge in [-0.3, -0.25) is 9.48 Å². The lowest BCUT2D eigenvalue weighted by atomic mass is 10.1. The summed E-state index contributed by atoms with van der Waals surface area (Å²) in [6.45, 7) is 2.67. The molecule has 21 heavy (non-hydrogen) atoms. The Morgan fingerprint density at radius 2 is 2.00 bits per heavy atom. The Morgan fingerprint density at radius 1 is 1.33 bits per heavy atom. The predicted molar refractivity (Wildman–Crippen MR) is 83.6 cm³/mol. The number of ether oxygens (including phenoxy) is 1. The smallest absolute Gasteiger partial charge is 0.189 e. The second-order valence-corrected chi connectivity index (χ2v) is 5.40. The second kappa shape index (κ2) is 6.96. The standard InChI is InChI=1S/C15H16Cl2N2O2/c1-3-7-19-15(14(21-2)9-18-19)13(20)8-10-11(16)5-4-6-12(10)17/h4-6,9H,3,7-8H2,1-2H3. The summed E-state index contributed by atoms with van der Waals surface area (Å²) in [7, 11) is 1.52. The first-order chi connectivity index (χ1) is 10.1. The van der Waals surface area contributed by atoms with Gasteiger partial charge in [0.1, 0.15) is 5.69 Å². The molecule has 0 aliphatic carbocycles. The highest BCUT2D eigenvalue weighted by Crippen LogP contribution is 2.27. The van der Waals surface area contributed by atoms with Gasteiger partial charge in [0.15, 0.2) is 11.5 Å². The van der Waals surface area contributed by atoms with E-state index < -0.39 is 0 Å². The fraction of sp³-hybridized carbons (Fsp3) is 0.333. The largest absolute Gasteiger partial charge is 0.493 e. The molecule has 0 saturated carbocycles. The van der Waals surface area contributed by atoms with Gasteiger partial charge in [-0.15, -0.1) is 0 Å². The molecule has 0 aliphatic rings. The first-order valence-electron chi connectivity index (χ1n) is 6.64. The summed E-state index contributed by atoms with van der Waals surface area (Å²) in [6, 6.07) is 5.19. The Kier molecular flexibility index (Phi) is 5.26. The van der Waals surface area contributed by atoms with E-state index in [9.17, 15) is 4.79 Å². The van der Waals surface area contributed by atoms with E-state index in [1.165, 1.54) is 7.11 Å². The summed E-state index contributed by atoms with van der Waals surface area (Å²) in [5.74, 6) is 0.351. The molecule has 0 radical (unpaired) electrons. The quantitative estimate of drug-likeness (QED) is 0.752. The molecule has 1 aromatic carbocycles. The van der Waals surface area contributed by atoms with Gasteiger partial charge in [-0.05, 0) is 24.1 Å². The molecule has 0 N–H and O–H groups in total. The van der Waals surface area contributed by atoms with Crippen molar-refractivity contribution in [3.8, 4) is 5.75 Å². The van der Waals surface area contributed by atoms with E-state index in [-0.39, 0.29) is 12.2 Å². The highest BCUT2D eigenvalue weighted by Gasteiger charge is 2.21. The number of hydrogen-bond acceptors (Lipinski definition) is 3. The number of methoxy groups -OCH3 is 1. The molecular formula is C15H16Cl2N2O2. The predicted octanol–water partition coefficient (Wildman–Crippen LogP) is 4.03. The van der Waals surface area contributed by atoms with Crippen molar-refractivity contribution in [1.29, 1.82) is 0 Å². The van der Waals surface area contributed by atoms with Gasteiger partial charge >= 0.3 is 0 Å². The summed E-state index contributed by atoms with van der Waals surface area (Å²) in [6.07, 6.45) is 2.54. The van der Waals surface area contributed by atoms with Crippen molar-refractivity contribution in [2.24, 2.45) is 0 Å². The average molecular weight is 327 g/mol. The minimum atomic E-state index is -0.118. The number of halogens is 2. The van der Waals surface area contributed by atoms with Crippen LogP contribution in [-0.2, 0) is 13.0 Å². The first-order valence-corrected chi connectivity index (χ1v) is 7.40. The molecule has 4 nitrogen and oxygen atoms in total. The van der Waals surface area contributed by atoms with E-state index in [0.29, 0.717) is 33.6 Å². The van der Waals surface area contributed by atoms with E-state index >= 15 is 0 Å². The first kappa shape index (κ1) is 15.9. The van der Waals surface area contributed by atoms with Crippen LogP contribution in [0.15, 0.2) is 24.4 Å². The fourth-order valence-corrected chi connectivity index (χ4v) is 2.66. The third-order valence-electron chi connectivity index (χ3n) is 3.12. The zero-order chi connectivity index (χ0) is 15.4. The van der Waals surface area contributed by atoms with Gasteiger partial charge in [0.05, 0.1) is 13.3 Å². The van der Waals surface area contributed by atoms with Crippen LogP contribution in [0.25, 0.3) is 0 Å². The molecule has 6 heteroatoms. The Balaban J connectivity index is 2.34. The molecule has 1 aromatic heterocycles. The minimum absolute atomic E-state index is 0.115. The van der Waals surface area contributed by atoms with Crippen molar-refractivity contribution in [2.45, 2.75) is 26.3 Å². The van der Waals surface area contributed by atoms with Crippen LogP contribution in [0.3, 0.4) is 0 Å². The van der Waals surface area contributed by atoms with Gasteiger partial charge in [0, 0.05) is 23.0 Å². The van der Waals surface area contributed by atoms with Crippen molar-refractivity contribution < 1.29 is 9.53 Å². The van der Waals surface area contributed by atoms with E-state index in [2.05, 4.69) is 5.10 Å². The monoisotopic (exact) mass is 326 g/mol. The SMILES string of the molecule is CCCn1ncc(OC)c1C(=O)Cc1c(Cl)cccc1Cl. The molecule has 2 aromatic rings. The number of carbonyl (C=O) groups excluding carboxylic acids is 1. The van der Waals surface area contributed by atoms with Gasteiger partial charge in [-0.1, -0.05) is 36.2 Å². The molecule has 112 valence electrons. The topological polar surface area (TPSA) is 44.1 Å². The van der Waals surface area contributed by atoms with Crippen LogP contribution in [-0.4, -0.2) is 22.7 Å². The molecule has 0 spiro atoms. The van der Waals surface area contributed by atoms with Gasteiger partial charge in [-0.2, -0.15) is 5.10 Å². The molecule has 0 fully saturated rings. The Labute approximate surface area is 133 Å².